The summed E-state index contributed by atoms with van der Waals surface area (Å²) < 4.78 is 33.0. The van der Waals surface area contributed by atoms with Gasteiger partial charge < -0.3 is 10.1 Å². The molecule has 1 amide bonds. The molecule has 0 saturated carbocycles. The summed E-state index contributed by atoms with van der Waals surface area (Å²) in [7, 11) is -3.80. The fourth-order valence-electron chi connectivity index (χ4n) is 2.29. The highest BCUT2D eigenvalue weighted by Gasteiger charge is 2.22. The van der Waals surface area contributed by atoms with Crippen LogP contribution in [0.1, 0.15) is 36.7 Å². The molecule has 0 spiro atoms. The highest BCUT2D eigenvalue weighted by molar-refractivity contribution is 7.89. The van der Waals surface area contributed by atoms with Crippen molar-refractivity contribution in [1.82, 2.24) is 15.0 Å². The molecule has 0 unspecified atom stereocenters. The van der Waals surface area contributed by atoms with Crippen molar-refractivity contribution < 1.29 is 17.9 Å². The van der Waals surface area contributed by atoms with E-state index in [0.717, 1.165) is 5.56 Å². The Kier molecular flexibility index (Phi) is 6.70. The predicted octanol–water partition coefficient (Wildman–Crippen LogP) is 2.10. The van der Waals surface area contributed by atoms with Crippen LogP contribution in [0.25, 0.3) is 0 Å². The van der Waals surface area contributed by atoms with Gasteiger partial charge in [-0.15, -0.1) is 0 Å². The molecule has 0 aliphatic heterocycles. The lowest BCUT2D eigenvalue weighted by Crippen LogP contribution is -2.31. The van der Waals surface area contributed by atoms with Crippen molar-refractivity contribution in [2.45, 2.75) is 38.3 Å². The van der Waals surface area contributed by atoms with Crippen LogP contribution in [0, 0.1) is 0 Å². The fourth-order valence-corrected chi connectivity index (χ4v) is 3.72. The normalized spacial score (nSPS) is 11.4. The van der Waals surface area contributed by atoms with Crippen LogP contribution in [0.2, 0.25) is 0 Å². The molecule has 2 rings (SSSR count). The first kappa shape index (κ1) is 19.9. The average molecular weight is 377 g/mol. The van der Waals surface area contributed by atoms with Gasteiger partial charge in [-0.2, -0.15) is 0 Å². The minimum absolute atomic E-state index is 0.0536. The quantitative estimate of drug-likeness (QED) is 0.734. The SMILES string of the molecule is CCOc1ccc(C(=O)NCc2cccnc2)cc1S(=O)(=O)NC(C)C. The first-order valence-corrected chi connectivity index (χ1v) is 9.78. The van der Waals surface area contributed by atoms with Crippen LogP contribution in [0.5, 0.6) is 5.75 Å². The van der Waals surface area contributed by atoms with Crippen molar-refractivity contribution in [3.05, 3.63) is 53.9 Å². The van der Waals surface area contributed by atoms with Gasteiger partial charge >= 0.3 is 0 Å². The molecule has 1 aromatic heterocycles. The Bertz CT molecular complexity index is 852. The van der Waals surface area contributed by atoms with Crippen LogP contribution < -0.4 is 14.8 Å². The number of hydrogen-bond acceptors (Lipinski definition) is 5. The number of amides is 1. The zero-order valence-electron chi connectivity index (χ0n) is 15.0. The van der Waals surface area contributed by atoms with E-state index in [0.29, 0.717) is 13.2 Å². The summed E-state index contributed by atoms with van der Waals surface area (Å²) in [6.45, 7) is 5.83. The molecular weight excluding hydrogens is 354 g/mol. The highest BCUT2D eigenvalue weighted by Crippen LogP contribution is 2.25. The number of ether oxygens (including phenoxy) is 1. The Morgan fingerprint density at radius 2 is 2.04 bits per heavy atom. The molecule has 140 valence electrons. The highest BCUT2D eigenvalue weighted by atomic mass is 32.2. The van der Waals surface area contributed by atoms with Crippen molar-refractivity contribution in [3.8, 4) is 5.75 Å². The molecular formula is C18H23N3O4S. The number of rotatable bonds is 8. The van der Waals surface area contributed by atoms with Gasteiger partial charge in [0, 0.05) is 30.5 Å². The number of benzene rings is 1. The monoisotopic (exact) mass is 377 g/mol. The van der Waals surface area contributed by atoms with E-state index in [2.05, 4.69) is 15.0 Å². The molecule has 2 N–H and O–H groups in total. The van der Waals surface area contributed by atoms with Crippen LogP contribution >= 0.6 is 0 Å². The van der Waals surface area contributed by atoms with Crippen molar-refractivity contribution >= 4 is 15.9 Å². The lowest BCUT2D eigenvalue weighted by molar-refractivity contribution is 0.0950. The van der Waals surface area contributed by atoms with Crippen LogP contribution in [0.15, 0.2) is 47.6 Å². The smallest absolute Gasteiger partial charge is 0.251 e. The van der Waals surface area contributed by atoms with Crippen LogP contribution in [-0.4, -0.2) is 32.0 Å². The standard InChI is InChI=1S/C18H23N3O4S/c1-4-25-16-8-7-15(10-17(16)26(23,24)21-13(2)3)18(22)20-12-14-6-5-9-19-11-14/h5-11,13,21H,4,12H2,1-3H3,(H,20,22). The number of nitrogens with zero attached hydrogens (tertiary/aromatic N) is 1. The molecule has 0 aliphatic carbocycles. The maximum Gasteiger partial charge on any atom is 0.251 e. The van der Waals surface area contributed by atoms with Gasteiger partial charge in [0.2, 0.25) is 10.0 Å². The number of carbonyl (C=O) groups excluding carboxylic acids is 1. The van der Waals surface area contributed by atoms with Gasteiger partial charge in [-0.25, -0.2) is 13.1 Å². The second kappa shape index (κ2) is 8.77. The molecule has 0 saturated heterocycles. The van der Waals surface area contributed by atoms with Gasteiger partial charge in [0.15, 0.2) is 0 Å². The predicted molar refractivity (Wildman–Crippen MR) is 98.5 cm³/mol. The Morgan fingerprint density at radius 3 is 2.65 bits per heavy atom. The molecule has 0 atom stereocenters. The van der Waals surface area contributed by atoms with Crippen LogP contribution in [0.4, 0.5) is 0 Å². The van der Waals surface area contributed by atoms with Crippen molar-refractivity contribution in [3.63, 3.8) is 0 Å². The zero-order chi connectivity index (χ0) is 19.2. The summed E-state index contributed by atoms with van der Waals surface area (Å²) in [5.74, 6) is -0.164. The first-order chi connectivity index (χ1) is 12.3. The van der Waals surface area contributed by atoms with E-state index >= 15 is 0 Å². The maximum absolute atomic E-state index is 12.6. The van der Waals surface area contributed by atoms with E-state index in [-0.39, 0.29) is 28.2 Å². The number of aromatic nitrogens is 1. The molecule has 7 nitrogen and oxygen atoms in total. The Hall–Kier alpha value is -2.45. The summed E-state index contributed by atoms with van der Waals surface area (Å²) in [4.78, 5) is 16.3. The van der Waals surface area contributed by atoms with Gasteiger partial charge in [-0.3, -0.25) is 9.78 Å². The minimum Gasteiger partial charge on any atom is -0.492 e. The Labute approximate surface area is 153 Å². The molecule has 26 heavy (non-hydrogen) atoms. The Morgan fingerprint density at radius 1 is 1.27 bits per heavy atom. The van der Waals surface area contributed by atoms with E-state index in [1.807, 2.05) is 6.07 Å². The molecule has 0 bridgehead atoms. The second-order valence-electron chi connectivity index (χ2n) is 5.91. The molecule has 0 fully saturated rings. The van der Waals surface area contributed by atoms with Gasteiger partial charge in [-0.05, 0) is 50.6 Å². The summed E-state index contributed by atoms with van der Waals surface area (Å²) in [5, 5.41) is 2.75. The molecule has 0 radical (unpaired) electrons. The maximum atomic E-state index is 12.6. The number of hydrogen-bond donors (Lipinski definition) is 2. The van der Waals surface area contributed by atoms with Crippen LogP contribution in [0.3, 0.4) is 0 Å². The molecule has 1 heterocycles. The van der Waals surface area contributed by atoms with E-state index in [1.165, 1.54) is 18.2 Å². The van der Waals surface area contributed by atoms with Crippen molar-refractivity contribution in [2.75, 3.05) is 6.61 Å². The third-order valence-corrected chi connectivity index (χ3v) is 5.04. The van der Waals surface area contributed by atoms with E-state index in [9.17, 15) is 13.2 Å². The minimum atomic E-state index is -3.80. The van der Waals surface area contributed by atoms with Gasteiger partial charge in [0.1, 0.15) is 10.6 Å². The zero-order valence-corrected chi connectivity index (χ0v) is 15.8. The van der Waals surface area contributed by atoms with Crippen molar-refractivity contribution in [1.29, 1.82) is 0 Å². The van der Waals surface area contributed by atoms with Crippen LogP contribution in [-0.2, 0) is 16.6 Å². The topological polar surface area (TPSA) is 97.4 Å². The average Bonchev–Trinajstić information content (AvgIpc) is 2.60. The molecule has 0 aliphatic rings. The largest absolute Gasteiger partial charge is 0.492 e. The number of pyridine rings is 1. The van der Waals surface area contributed by atoms with Crippen molar-refractivity contribution in [2.24, 2.45) is 0 Å². The van der Waals surface area contributed by atoms with E-state index in [1.54, 1.807) is 39.2 Å². The summed E-state index contributed by atoms with van der Waals surface area (Å²) in [6, 6.07) is 7.70. The van der Waals surface area contributed by atoms with Gasteiger partial charge in [-0.1, -0.05) is 6.07 Å². The van der Waals surface area contributed by atoms with Gasteiger partial charge in [0.05, 0.1) is 6.61 Å². The lowest BCUT2D eigenvalue weighted by Gasteiger charge is -2.15. The molecule has 1 aromatic carbocycles. The lowest BCUT2D eigenvalue weighted by atomic mass is 10.2. The van der Waals surface area contributed by atoms with E-state index < -0.39 is 10.0 Å². The summed E-state index contributed by atoms with van der Waals surface area (Å²) >= 11 is 0. The summed E-state index contributed by atoms with van der Waals surface area (Å²) in [6.07, 6.45) is 3.30. The third-order valence-electron chi connectivity index (χ3n) is 3.36. The summed E-state index contributed by atoms with van der Waals surface area (Å²) in [5.41, 5.74) is 1.09. The molecule has 8 heteroatoms. The first-order valence-electron chi connectivity index (χ1n) is 8.29. The third kappa shape index (κ3) is 5.27. The number of sulfonamides is 1. The number of nitrogens with one attached hydrogen (secondary N) is 2. The molecule has 2 aromatic rings. The Balaban J connectivity index is 2.26. The fraction of sp³-hybridized carbons (Fsp3) is 0.333. The van der Waals surface area contributed by atoms with E-state index in [4.69, 9.17) is 4.74 Å². The second-order valence-corrected chi connectivity index (χ2v) is 7.60. The number of carbonyl (C=O) groups is 1. The van der Waals surface area contributed by atoms with Gasteiger partial charge in [0.25, 0.3) is 5.91 Å².